The van der Waals surface area contributed by atoms with Gasteiger partial charge >= 0.3 is 5.97 Å². The van der Waals surface area contributed by atoms with Gasteiger partial charge in [-0.25, -0.2) is 0 Å². The van der Waals surface area contributed by atoms with Gasteiger partial charge in [0.25, 0.3) is 0 Å². The molecule has 0 aliphatic heterocycles. The Morgan fingerprint density at radius 3 is 2.35 bits per heavy atom. The average Bonchev–Trinajstić information content (AvgIpc) is 3.01. The fourth-order valence-corrected chi connectivity index (χ4v) is 3.38. The van der Waals surface area contributed by atoms with Crippen molar-refractivity contribution in [2.75, 3.05) is 13.7 Å². The van der Waals surface area contributed by atoms with Crippen molar-refractivity contribution in [3.8, 4) is 0 Å². The highest BCUT2D eigenvalue weighted by Gasteiger charge is 2.31. The van der Waals surface area contributed by atoms with E-state index in [9.17, 15) is 4.79 Å². The van der Waals surface area contributed by atoms with Gasteiger partial charge in [0.15, 0.2) is 0 Å². The third kappa shape index (κ3) is 3.44. The molecule has 0 spiro atoms. The molecule has 0 radical (unpaired) electrons. The SMILES string of the molecule is COC(=O)C(CNC1CCCC1)C1CCCC1. The summed E-state index contributed by atoms with van der Waals surface area (Å²) in [5, 5.41) is 3.57. The number of methoxy groups -OCH3 is 1. The number of esters is 1. The molecule has 2 saturated carbocycles. The molecule has 1 N–H and O–H groups in total. The van der Waals surface area contributed by atoms with E-state index in [-0.39, 0.29) is 11.9 Å². The van der Waals surface area contributed by atoms with Gasteiger partial charge < -0.3 is 10.1 Å². The number of carbonyl (C=O) groups is 1. The molecule has 2 fully saturated rings. The highest BCUT2D eigenvalue weighted by atomic mass is 16.5. The summed E-state index contributed by atoms with van der Waals surface area (Å²) in [6, 6.07) is 0.642. The zero-order valence-corrected chi connectivity index (χ0v) is 10.9. The Kier molecular flexibility index (Phi) is 4.84. The van der Waals surface area contributed by atoms with E-state index in [2.05, 4.69) is 5.32 Å². The Morgan fingerprint density at radius 1 is 1.18 bits per heavy atom. The lowest BCUT2D eigenvalue weighted by Gasteiger charge is -2.23. The van der Waals surface area contributed by atoms with Gasteiger partial charge in [-0.05, 0) is 31.6 Å². The van der Waals surface area contributed by atoms with Gasteiger partial charge in [0.05, 0.1) is 13.0 Å². The molecular weight excluding hydrogens is 214 g/mol. The first-order chi connectivity index (χ1) is 8.31. The standard InChI is InChI=1S/C14H25NO2/c1-17-14(16)13(11-6-2-3-7-11)10-15-12-8-4-5-9-12/h11-13,15H,2-10H2,1H3. The Bertz CT molecular complexity index is 243. The predicted molar refractivity (Wildman–Crippen MR) is 67.7 cm³/mol. The van der Waals surface area contributed by atoms with E-state index in [0.29, 0.717) is 12.0 Å². The molecule has 0 bridgehead atoms. The first kappa shape index (κ1) is 12.9. The molecular formula is C14H25NO2. The molecule has 1 atom stereocenters. The van der Waals surface area contributed by atoms with E-state index >= 15 is 0 Å². The fraction of sp³-hybridized carbons (Fsp3) is 0.929. The van der Waals surface area contributed by atoms with Crippen LogP contribution in [0.15, 0.2) is 0 Å². The van der Waals surface area contributed by atoms with Gasteiger partial charge in [-0.1, -0.05) is 25.7 Å². The van der Waals surface area contributed by atoms with Crippen LogP contribution in [0, 0.1) is 11.8 Å². The molecule has 2 aliphatic rings. The normalized spacial score (nSPS) is 24.1. The van der Waals surface area contributed by atoms with Gasteiger partial charge in [-0.15, -0.1) is 0 Å². The van der Waals surface area contributed by atoms with Crippen LogP contribution in [0.4, 0.5) is 0 Å². The second-order valence-electron chi connectivity index (χ2n) is 5.56. The van der Waals surface area contributed by atoms with Crippen LogP contribution in [0.1, 0.15) is 51.4 Å². The molecule has 0 aromatic carbocycles. The van der Waals surface area contributed by atoms with E-state index < -0.39 is 0 Å². The van der Waals surface area contributed by atoms with E-state index in [0.717, 1.165) is 6.54 Å². The minimum absolute atomic E-state index is 0.0117. The van der Waals surface area contributed by atoms with Crippen molar-refractivity contribution < 1.29 is 9.53 Å². The van der Waals surface area contributed by atoms with Crippen LogP contribution in [-0.2, 0) is 9.53 Å². The molecule has 1 unspecified atom stereocenters. The summed E-state index contributed by atoms with van der Waals surface area (Å²) >= 11 is 0. The van der Waals surface area contributed by atoms with Crippen LogP contribution in [-0.4, -0.2) is 25.7 Å². The molecule has 0 heterocycles. The number of hydrogen-bond acceptors (Lipinski definition) is 3. The van der Waals surface area contributed by atoms with Crippen molar-refractivity contribution in [1.82, 2.24) is 5.32 Å². The molecule has 0 amide bonds. The van der Waals surface area contributed by atoms with E-state index in [1.165, 1.54) is 58.5 Å². The van der Waals surface area contributed by atoms with Gasteiger partial charge in [0.2, 0.25) is 0 Å². The summed E-state index contributed by atoms with van der Waals surface area (Å²) in [7, 11) is 1.51. The quantitative estimate of drug-likeness (QED) is 0.749. The average molecular weight is 239 g/mol. The van der Waals surface area contributed by atoms with Crippen molar-refractivity contribution in [1.29, 1.82) is 0 Å². The van der Waals surface area contributed by atoms with Crippen molar-refractivity contribution in [3.63, 3.8) is 0 Å². The van der Waals surface area contributed by atoms with Crippen LogP contribution in [0.5, 0.6) is 0 Å². The lowest BCUT2D eigenvalue weighted by atomic mass is 9.90. The number of nitrogens with one attached hydrogen (secondary N) is 1. The van der Waals surface area contributed by atoms with Crippen molar-refractivity contribution >= 4 is 5.97 Å². The predicted octanol–water partition coefficient (Wildman–Crippen LogP) is 2.50. The summed E-state index contributed by atoms with van der Waals surface area (Å²) in [5.74, 6) is 0.627. The number of rotatable bonds is 5. The van der Waals surface area contributed by atoms with Crippen LogP contribution in [0.2, 0.25) is 0 Å². The van der Waals surface area contributed by atoms with E-state index in [1.807, 2.05) is 0 Å². The molecule has 0 saturated heterocycles. The molecule has 3 heteroatoms. The lowest BCUT2D eigenvalue weighted by Crippen LogP contribution is -2.38. The summed E-state index contributed by atoms with van der Waals surface area (Å²) < 4.78 is 4.96. The Balaban J connectivity index is 1.83. The molecule has 3 nitrogen and oxygen atoms in total. The molecule has 98 valence electrons. The van der Waals surface area contributed by atoms with E-state index in [4.69, 9.17) is 4.74 Å². The number of ether oxygens (including phenoxy) is 1. The summed E-state index contributed by atoms with van der Waals surface area (Å²) in [5.41, 5.74) is 0. The monoisotopic (exact) mass is 239 g/mol. The minimum atomic E-state index is -0.0117. The Hall–Kier alpha value is -0.570. The van der Waals surface area contributed by atoms with Gasteiger partial charge in [-0.3, -0.25) is 4.79 Å². The number of hydrogen-bond donors (Lipinski definition) is 1. The first-order valence-electron chi connectivity index (χ1n) is 7.12. The third-order valence-electron chi connectivity index (χ3n) is 4.45. The van der Waals surface area contributed by atoms with Crippen LogP contribution >= 0.6 is 0 Å². The topological polar surface area (TPSA) is 38.3 Å². The zero-order valence-electron chi connectivity index (χ0n) is 10.9. The highest BCUT2D eigenvalue weighted by molar-refractivity contribution is 5.73. The lowest BCUT2D eigenvalue weighted by molar-refractivity contribution is -0.147. The summed E-state index contributed by atoms with van der Waals surface area (Å²) in [4.78, 5) is 11.8. The van der Waals surface area contributed by atoms with Gasteiger partial charge in [0.1, 0.15) is 0 Å². The fourth-order valence-electron chi connectivity index (χ4n) is 3.38. The maximum Gasteiger partial charge on any atom is 0.310 e. The van der Waals surface area contributed by atoms with Crippen molar-refractivity contribution in [3.05, 3.63) is 0 Å². The Labute approximate surface area is 104 Å². The molecule has 2 aliphatic carbocycles. The van der Waals surface area contributed by atoms with Gasteiger partial charge in [0, 0.05) is 12.6 Å². The van der Waals surface area contributed by atoms with Crippen molar-refractivity contribution in [2.45, 2.75) is 57.4 Å². The van der Waals surface area contributed by atoms with Crippen LogP contribution in [0.25, 0.3) is 0 Å². The second kappa shape index (κ2) is 6.39. The largest absolute Gasteiger partial charge is 0.469 e. The highest BCUT2D eigenvalue weighted by Crippen LogP contribution is 2.32. The third-order valence-corrected chi connectivity index (χ3v) is 4.45. The summed E-state index contributed by atoms with van der Waals surface area (Å²) in [6.07, 6.45) is 10.2. The van der Waals surface area contributed by atoms with Crippen molar-refractivity contribution in [2.24, 2.45) is 11.8 Å². The molecule has 2 rings (SSSR count). The minimum Gasteiger partial charge on any atom is -0.469 e. The van der Waals surface area contributed by atoms with Gasteiger partial charge in [-0.2, -0.15) is 0 Å². The Morgan fingerprint density at radius 2 is 1.76 bits per heavy atom. The smallest absolute Gasteiger partial charge is 0.310 e. The first-order valence-corrected chi connectivity index (χ1v) is 7.12. The van der Waals surface area contributed by atoms with E-state index in [1.54, 1.807) is 0 Å². The number of carbonyl (C=O) groups excluding carboxylic acids is 1. The molecule has 0 aromatic rings. The molecule has 17 heavy (non-hydrogen) atoms. The summed E-state index contributed by atoms with van der Waals surface area (Å²) in [6.45, 7) is 0.821. The van der Waals surface area contributed by atoms with Crippen LogP contribution in [0.3, 0.4) is 0 Å². The maximum absolute atomic E-state index is 11.8. The molecule has 0 aromatic heterocycles. The zero-order chi connectivity index (χ0) is 12.1. The van der Waals surface area contributed by atoms with Crippen LogP contribution < -0.4 is 5.32 Å². The maximum atomic E-state index is 11.8. The second-order valence-corrected chi connectivity index (χ2v) is 5.56.